The Labute approximate surface area is 109 Å². The maximum atomic E-state index is 4.43. The van der Waals surface area contributed by atoms with Crippen molar-refractivity contribution >= 4 is 0 Å². The summed E-state index contributed by atoms with van der Waals surface area (Å²) in [6, 6.07) is 12.8. The van der Waals surface area contributed by atoms with Crippen molar-refractivity contribution in [3.05, 3.63) is 65.0 Å². The summed E-state index contributed by atoms with van der Waals surface area (Å²) in [7, 11) is 0. The highest BCUT2D eigenvalue weighted by Crippen LogP contribution is 2.07. The molecular weight excluding hydrogens is 220 g/mol. The lowest BCUT2D eigenvalue weighted by Crippen LogP contribution is -2.15. The van der Waals surface area contributed by atoms with Crippen LogP contribution in [0.5, 0.6) is 0 Å². The third-order valence-electron chi connectivity index (χ3n) is 3.11. The molecule has 2 aromatic rings. The Morgan fingerprint density at radius 3 is 2.56 bits per heavy atom. The molecule has 2 heteroatoms. The van der Waals surface area contributed by atoms with Gasteiger partial charge in [-0.3, -0.25) is 4.98 Å². The summed E-state index contributed by atoms with van der Waals surface area (Å²) < 4.78 is 0. The minimum atomic E-state index is 0.831. The van der Waals surface area contributed by atoms with E-state index in [2.05, 4.69) is 54.5 Å². The van der Waals surface area contributed by atoms with Gasteiger partial charge in [-0.05, 0) is 30.5 Å². The molecule has 18 heavy (non-hydrogen) atoms. The molecule has 0 aliphatic carbocycles. The van der Waals surface area contributed by atoms with Crippen molar-refractivity contribution in [3.8, 4) is 0 Å². The van der Waals surface area contributed by atoms with E-state index in [1.54, 1.807) is 0 Å². The molecule has 2 nitrogen and oxygen atoms in total. The summed E-state index contributed by atoms with van der Waals surface area (Å²) in [6.07, 6.45) is 2.90. The second kappa shape index (κ2) is 6.31. The molecule has 0 bridgehead atoms. The van der Waals surface area contributed by atoms with Gasteiger partial charge in [0, 0.05) is 19.3 Å². The zero-order valence-electron chi connectivity index (χ0n) is 11.1. The molecule has 94 valence electrons. The zero-order chi connectivity index (χ0) is 12.8. The van der Waals surface area contributed by atoms with Gasteiger partial charge < -0.3 is 5.32 Å². The van der Waals surface area contributed by atoms with Crippen LogP contribution >= 0.6 is 0 Å². The average Bonchev–Trinajstić information content (AvgIpc) is 2.41. The molecule has 0 aliphatic heterocycles. The molecule has 1 aromatic carbocycles. The SMILES string of the molecule is CCc1cccnc1CNCc1ccc(C)cc1. The minimum absolute atomic E-state index is 0.831. The molecule has 0 saturated heterocycles. The van der Waals surface area contributed by atoms with Gasteiger partial charge in [-0.1, -0.05) is 42.8 Å². The van der Waals surface area contributed by atoms with Crippen LogP contribution in [0.3, 0.4) is 0 Å². The fraction of sp³-hybridized carbons (Fsp3) is 0.312. The molecule has 0 saturated carbocycles. The molecule has 0 atom stereocenters. The Balaban J connectivity index is 1.90. The Hall–Kier alpha value is -1.67. The van der Waals surface area contributed by atoms with Crippen molar-refractivity contribution in [1.82, 2.24) is 10.3 Å². The molecule has 0 aliphatic rings. The predicted molar refractivity (Wildman–Crippen MR) is 75.3 cm³/mol. The van der Waals surface area contributed by atoms with E-state index in [1.807, 2.05) is 12.3 Å². The van der Waals surface area contributed by atoms with E-state index in [-0.39, 0.29) is 0 Å². The maximum absolute atomic E-state index is 4.43. The quantitative estimate of drug-likeness (QED) is 0.868. The zero-order valence-corrected chi connectivity index (χ0v) is 11.1. The fourth-order valence-corrected chi connectivity index (χ4v) is 1.98. The lowest BCUT2D eigenvalue weighted by atomic mass is 10.1. The molecule has 1 N–H and O–H groups in total. The molecule has 0 amide bonds. The molecule has 0 spiro atoms. The summed E-state index contributed by atoms with van der Waals surface area (Å²) in [5, 5.41) is 3.45. The van der Waals surface area contributed by atoms with Gasteiger partial charge in [0.05, 0.1) is 5.69 Å². The molecule has 2 rings (SSSR count). The van der Waals surface area contributed by atoms with E-state index < -0.39 is 0 Å². The first-order valence-electron chi connectivity index (χ1n) is 6.48. The van der Waals surface area contributed by atoms with Gasteiger partial charge in [-0.15, -0.1) is 0 Å². The van der Waals surface area contributed by atoms with E-state index >= 15 is 0 Å². The molecular formula is C16H20N2. The molecule has 1 aromatic heterocycles. The molecule has 0 unspecified atom stereocenters. The largest absolute Gasteiger partial charge is 0.307 e. The van der Waals surface area contributed by atoms with Crippen LogP contribution in [0.1, 0.15) is 29.3 Å². The topological polar surface area (TPSA) is 24.9 Å². The third-order valence-corrected chi connectivity index (χ3v) is 3.11. The number of rotatable bonds is 5. The fourth-order valence-electron chi connectivity index (χ4n) is 1.98. The molecule has 1 heterocycles. The highest BCUT2D eigenvalue weighted by Gasteiger charge is 2.00. The van der Waals surface area contributed by atoms with Gasteiger partial charge in [0.25, 0.3) is 0 Å². The van der Waals surface area contributed by atoms with Gasteiger partial charge in [-0.2, -0.15) is 0 Å². The van der Waals surface area contributed by atoms with Crippen molar-refractivity contribution in [2.75, 3.05) is 0 Å². The smallest absolute Gasteiger partial charge is 0.0573 e. The standard InChI is InChI=1S/C16H20N2/c1-3-15-5-4-10-18-16(15)12-17-11-14-8-6-13(2)7-9-14/h4-10,17H,3,11-12H2,1-2H3. The summed E-state index contributed by atoms with van der Waals surface area (Å²) >= 11 is 0. The summed E-state index contributed by atoms with van der Waals surface area (Å²) in [5.74, 6) is 0. The Morgan fingerprint density at radius 2 is 1.83 bits per heavy atom. The average molecular weight is 240 g/mol. The number of pyridine rings is 1. The highest BCUT2D eigenvalue weighted by molar-refractivity contribution is 5.22. The van der Waals surface area contributed by atoms with Crippen molar-refractivity contribution in [2.24, 2.45) is 0 Å². The van der Waals surface area contributed by atoms with Gasteiger partial charge in [0.15, 0.2) is 0 Å². The normalized spacial score (nSPS) is 10.6. The van der Waals surface area contributed by atoms with Crippen LogP contribution in [0.2, 0.25) is 0 Å². The first-order valence-corrected chi connectivity index (χ1v) is 6.48. The molecule has 0 radical (unpaired) electrons. The van der Waals surface area contributed by atoms with Crippen LogP contribution in [0, 0.1) is 6.92 Å². The van der Waals surface area contributed by atoms with Crippen LogP contribution in [0.15, 0.2) is 42.6 Å². The monoisotopic (exact) mass is 240 g/mol. The van der Waals surface area contributed by atoms with Crippen LogP contribution in [0.4, 0.5) is 0 Å². The number of nitrogens with zero attached hydrogens (tertiary/aromatic N) is 1. The number of aryl methyl sites for hydroxylation is 2. The third kappa shape index (κ3) is 3.41. The van der Waals surface area contributed by atoms with E-state index in [4.69, 9.17) is 0 Å². The van der Waals surface area contributed by atoms with Gasteiger partial charge in [0.1, 0.15) is 0 Å². The lowest BCUT2D eigenvalue weighted by molar-refractivity contribution is 0.673. The Bertz CT molecular complexity index is 489. The van der Waals surface area contributed by atoms with E-state index in [1.165, 1.54) is 16.7 Å². The van der Waals surface area contributed by atoms with Crippen molar-refractivity contribution in [2.45, 2.75) is 33.4 Å². The Morgan fingerprint density at radius 1 is 1.06 bits per heavy atom. The number of hydrogen-bond acceptors (Lipinski definition) is 2. The maximum Gasteiger partial charge on any atom is 0.0573 e. The van der Waals surface area contributed by atoms with Gasteiger partial charge >= 0.3 is 0 Å². The first-order chi connectivity index (χ1) is 8.79. The number of nitrogens with one attached hydrogen (secondary N) is 1. The van der Waals surface area contributed by atoms with Crippen LogP contribution in [0.25, 0.3) is 0 Å². The van der Waals surface area contributed by atoms with E-state index in [0.29, 0.717) is 0 Å². The van der Waals surface area contributed by atoms with Crippen molar-refractivity contribution in [3.63, 3.8) is 0 Å². The van der Waals surface area contributed by atoms with Gasteiger partial charge in [-0.25, -0.2) is 0 Å². The van der Waals surface area contributed by atoms with Crippen molar-refractivity contribution < 1.29 is 0 Å². The van der Waals surface area contributed by atoms with Gasteiger partial charge in [0.2, 0.25) is 0 Å². The second-order valence-electron chi connectivity index (χ2n) is 4.55. The summed E-state index contributed by atoms with van der Waals surface area (Å²) in [5.41, 5.74) is 5.10. The predicted octanol–water partition coefficient (Wildman–Crippen LogP) is 3.24. The molecule has 0 fully saturated rings. The van der Waals surface area contributed by atoms with E-state index in [9.17, 15) is 0 Å². The highest BCUT2D eigenvalue weighted by atomic mass is 14.9. The first kappa shape index (κ1) is 12.8. The minimum Gasteiger partial charge on any atom is -0.307 e. The summed E-state index contributed by atoms with van der Waals surface area (Å²) in [4.78, 5) is 4.43. The summed E-state index contributed by atoms with van der Waals surface area (Å²) in [6.45, 7) is 6.00. The van der Waals surface area contributed by atoms with Crippen LogP contribution < -0.4 is 5.32 Å². The van der Waals surface area contributed by atoms with Crippen molar-refractivity contribution in [1.29, 1.82) is 0 Å². The van der Waals surface area contributed by atoms with E-state index in [0.717, 1.165) is 25.2 Å². The number of aromatic nitrogens is 1. The number of benzene rings is 1. The number of hydrogen-bond donors (Lipinski definition) is 1. The van der Waals surface area contributed by atoms with Crippen LogP contribution in [-0.4, -0.2) is 4.98 Å². The lowest BCUT2D eigenvalue weighted by Gasteiger charge is -2.08. The van der Waals surface area contributed by atoms with Crippen LogP contribution in [-0.2, 0) is 19.5 Å². The second-order valence-corrected chi connectivity index (χ2v) is 4.55. The Kier molecular flexibility index (Phi) is 4.48.